The highest BCUT2D eigenvalue weighted by molar-refractivity contribution is 6.11. The normalized spacial score (nSPS) is 11.4. The second kappa shape index (κ2) is 11.2. The fourth-order valence-corrected chi connectivity index (χ4v) is 6.46. The number of fused-ring (bicyclic) bond motifs is 4. The number of benzene rings is 7. The molecule has 0 unspecified atom stereocenters. The van der Waals surface area contributed by atoms with Gasteiger partial charge in [0.05, 0.1) is 0 Å². The van der Waals surface area contributed by atoms with Crippen LogP contribution in [0.25, 0.3) is 89.1 Å². The molecule has 0 aliphatic carbocycles. The van der Waals surface area contributed by atoms with Crippen molar-refractivity contribution in [2.24, 2.45) is 0 Å². The first-order valence-corrected chi connectivity index (χ1v) is 15.7. The smallest absolute Gasteiger partial charge is 0.164 e. The lowest BCUT2D eigenvalue weighted by atomic mass is 9.94. The monoisotopic (exact) mass is 601 g/mol. The molecule has 0 fully saturated rings. The molecule has 4 nitrogen and oxygen atoms in total. The van der Waals surface area contributed by atoms with E-state index in [9.17, 15) is 0 Å². The van der Waals surface area contributed by atoms with Gasteiger partial charge in [0.15, 0.2) is 17.5 Å². The molecular weight excluding hydrogens is 574 g/mol. The molecule has 0 bridgehead atoms. The highest BCUT2D eigenvalue weighted by atomic mass is 16.3. The van der Waals surface area contributed by atoms with Gasteiger partial charge in [-0.3, -0.25) is 0 Å². The summed E-state index contributed by atoms with van der Waals surface area (Å²) < 4.78 is 6.21. The van der Waals surface area contributed by atoms with Crippen LogP contribution in [0.3, 0.4) is 0 Å². The molecule has 7 aromatic carbocycles. The predicted molar refractivity (Wildman–Crippen MR) is 192 cm³/mol. The Morgan fingerprint density at radius 3 is 1.81 bits per heavy atom. The molecule has 0 amide bonds. The number of hydrogen-bond acceptors (Lipinski definition) is 4. The van der Waals surface area contributed by atoms with Crippen molar-refractivity contribution >= 4 is 32.7 Å². The first-order chi connectivity index (χ1) is 23.3. The van der Waals surface area contributed by atoms with Crippen molar-refractivity contribution in [3.8, 4) is 56.4 Å². The first-order valence-electron chi connectivity index (χ1n) is 15.7. The zero-order valence-corrected chi connectivity index (χ0v) is 25.3. The van der Waals surface area contributed by atoms with Crippen molar-refractivity contribution in [1.82, 2.24) is 15.0 Å². The van der Waals surface area contributed by atoms with E-state index in [2.05, 4.69) is 97.1 Å². The minimum Gasteiger partial charge on any atom is -0.456 e. The Bertz CT molecular complexity index is 2570. The summed E-state index contributed by atoms with van der Waals surface area (Å²) in [6, 6.07) is 56.4. The van der Waals surface area contributed by atoms with Crippen LogP contribution in [0.4, 0.5) is 0 Å². The second-order valence-electron chi connectivity index (χ2n) is 11.6. The molecule has 0 saturated carbocycles. The zero-order valence-electron chi connectivity index (χ0n) is 25.3. The summed E-state index contributed by atoms with van der Waals surface area (Å²) in [4.78, 5) is 15.2. The average molecular weight is 602 g/mol. The Balaban J connectivity index is 1.24. The molecule has 2 heterocycles. The lowest BCUT2D eigenvalue weighted by Crippen LogP contribution is -2.00. The number of aromatic nitrogens is 3. The van der Waals surface area contributed by atoms with Gasteiger partial charge in [0.1, 0.15) is 11.2 Å². The van der Waals surface area contributed by atoms with Crippen LogP contribution in [0.15, 0.2) is 168 Å². The van der Waals surface area contributed by atoms with Gasteiger partial charge in [-0.1, -0.05) is 140 Å². The molecule has 220 valence electrons. The Hall–Kier alpha value is -6.39. The van der Waals surface area contributed by atoms with E-state index in [1.165, 1.54) is 11.1 Å². The fraction of sp³-hybridized carbons (Fsp3) is 0. The van der Waals surface area contributed by atoms with Crippen LogP contribution in [-0.4, -0.2) is 15.0 Å². The van der Waals surface area contributed by atoms with Crippen molar-refractivity contribution in [1.29, 1.82) is 0 Å². The van der Waals surface area contributed by atoms with Crippen LogP contribution in [0.1, 0.15) is 0 Å². The first kappa shape index (κ1) is 27.0. The molecule has 9 rings (SSSR count). The molecule has 4 heteroatoms. The van der Waals surface area contributed by atoms with E-state index in [4.69, 9.17) is 19.4 Å². The summed E-state index contributed by atoms with van der Waals surface area (Å²) in [7, 11) is 0. The summed E-state index contributed by atoms with van der Waals surface area (Å²) >= 11 is 0. The van der Waals surface area contributed by atoms with Gasteiger partial charge in [-0.25, -0.2) is 15.0 Å². The molecule has 2 aromatic heterocycles. The van der Waals surface area contributed by atoms with E-state index >= 15 is 0 Å². The zero-order chi connectivity index (χ0) is 31.2. The lowest BCUT2D eigenvalue weighted by molar-refractivity contribution is 0.669. The quantitative estimate of drug-likeness (QED) is 0.197. The third kappa shape index (κ3) is 4.84. The highest BCUT2D eigenvalue weighted by Crippen LogP contribution is 2.38. The molecule has 0 spiro atoms. The molecule has 0 N–H and O–H groups in total. The summed E-state index contributed by atoms with van der Waals surface area (Å²) in [6.45, 7) is 0. The van der Waals surface area contributed by atoms with Gasteiger partial charge in [-0.2, -0.15) is 0 Å². The summed E-state index contributed by atoms with van der Waals surface area (Å²) in [5.74, 6) is 1.85. The van der Waals surface area contributed by atoms with E-state index in [0.717, 1.165) is 60.5 Å². The average Bonchev–Trinajstić information content (AvgIpc) is 3.54. The maximum absolute atomic E-state index is 6.21. The highest BCUT2D eigenvalue weighted by Gasteiger charge is 2.18. The van der Waals surface area contributed by atoms with E-state index in [1.54, 1.807) is 0 Å². The van der Waals surface area contributed by atoms with Crippen molar-refractivity contribution in [2.75, 3.05) is 0 Å². The van der Waals surface area contributed by atoms with E-state index in [0.29, 0.717) is 17.5 Å². The van der Waals surface area contributed by atoms with Gasteiger partial charge in [0.2, 0.25) is 0 Å². The van der Waals surface area contributed by atoms with Crippen molar-refractivity contribution in [2.45, 2.75) is 0 Å². The molecule has 0 saturated heterocycles. The molecule has 0 aliphatic heterocycles. The van der Waals surface area contributed by atoms with Gasteiger partial charge in [0, 0.05) is 27.5 Å². The van der Waals surface area contributed by atoms with Gasteiger partial charge >= 0.3 is 0 Å². The van der Waals surface area contributed by atoms with Crippen LogP contribution in [0.5, 0.6) is 0 Å². The number of hydrogen-bond donors (Lipinski definition) is 0. The van der Waals surface area contributed by atoms with Crippen molar-refractivity contribution < 1.29 is 4.42 Å². The number of nitrogens with zero attached hydrogens (tertiary/aromatic N) is 3. The van der Waals surface area contributed by atoms with Crippen LogP contribution in [0.2, 0.25) is 0 Å². The standard InChI is InChI=1S/C43H27N3O/c1-3-12-28(13-4-1)31-17-9-18-32(26-31)34-20-10-16-29-24-25-33(27-37(29)34)42-44-41(30-14-5-2-6-15-30)45-43(46-42)36-21-11-23-39-40(36)35-19-7-8-22-38(35)47-39/h1-27H. The van der Waals surface area contributed by atoms with Crippen LogP contribution in [0, 0.1) is 0 Å². The third-order valence-electron chi connectivity index (χ3n) is 8.73. The van der Waals surface area contributed by atoms with Crippen molar-refractivity contribution in [3.63, 3.8) is 0 Å². The Kier molecular flexibility index (Phi) is 6.43. The van der Waals surface area contributed by atoms with Crippen LogP contribution >= 0.6 is 0 Å². The lowest BCUT2D eigenvalue weighted by Gasteiger charge is -2.12. The van der Waals surface area contributed by atoms with E-state index in [1.807, 2.05) is 66.7 Å². The topological polar surface area (TPSA) is 51.8 Å². The van der Waals surface area contributed by atoms with Gasteiger partial charge in [0.25, 0.3) is 0 Å². The second-order valence-corrected chi connectivity index (χ2v) is 11.6. The maximum atomic E-state index is 6.21. The van der Waals surface area contributed by atoms with E-state index < -0.39 is 0 Å². The summed E-state index contributed by atoms with van der Waals surface area (Å²) in [5, 5.41) is 4.33. The van der Waals surface area contributed by atoms with Gasteiger partial charge < -0.3 is 4.42 Å². The Labute approximate surface area is 271 Å². The SMILES string of the molecule is c1ccc(-c2cccc(-c3cccc4ccc(-c5nc(-c6ccccc6)nc(-c6cccc7oc8ccccc8c67)n5)cc34)c2)cc1. The Morgan fingerprint density at radius 2 is 0.957 bits per heavy atom. The van der Waals surface area contributed by atoms with Crippen LogP contribution in [-0.2, 0) is 0 Å². The molecule has 0 radical (unpaired) electrons. The summed E-state index contributed by atoms with van der Waals surface area (Å²) in [6.07, 6.45) is 0. The largest absolute Gasteiger partial charge is 0.456 e. The minimum atomic E-state index is 0.606. The maximum Gasteiger partial charge on any atom is 0.164 e. The molecular formula is C43H27N3O. The van der Waals surface area contributed by atoms with Gasteiger partial charge in [-0.15, -0.1) is 0 Å². The molecule has 47 heavy (non-hydrogen) atoms. The number of rotatable bonds is 5. The van der Waals surface area contributed by atoms with Gasteiger partial charge in [-0.05, 0) is 57.3 Å². The molecule has 0 aliphatic rings. The van der Waals surface area contributed by atoms with Crippen molar-refractivity contribution in [3.05, 3.63) is 164 Å². The fourth-order valence-electron chi connectivity index (χ4n) is 6.46. The van der Waals surface area contributed by atoms with Crippen LogP contribution < -0.4 is 0 Å². The number of furan rings is 1. The Morgan fingerprint density at radius 1 is 0.340 bits per heavy atom. The third-order valence-corrected chi connectivity index (χ3v) is 8.73. The molecule has 9 aromatic rings. The summed E-state index contributed by atoms with van der Waals surface area (Å²) in [5.41, 5.74) is 9.12. The number of para-hydroxylation sites is 1. The minimum absolute atomic E-state index is 0.606. The molecule has 0 atom stereocenters. The predicted octanol–water partition coefficient (Wildman–Crippen LogP) is 11.3. The van der Waals surface area contributed by atoms with E-state index in [-0.39, 0.29) is 0 Å².